The number of carbonyl (C=O) groups is 4. The van der Waals surface area contributed by atoms with E-state index in [2.05, 4.69) is 5.32 Å². The summed E-state index contributed by atoms with van der Waals surface area (Å²) in [4.78, 5) is 46.5. The third-order valence-corrected chi connectivity index (χ3v) is 4.44. The minimum Gasteiger partial charge on any atom is -0.497 e. The van der Waals surface area contributed by atoms with Crippen LogP contribution >= 0.6 is 0 Å². The van der Waals surface area contributed by atoms with E-state index in [4.69, 9.17) is 25.1 Å². The number of carbonyl (C=O) groups excluding carboxylic acids is 3. The van der Waals surface area contributed by atoms with Crippen LogP contribution in [-0.4, -0.2) is 48.4 Å². The zero-order valence-electron chi connectivity index (χ0n) is 17.0. The first-order valence-electron chi connectivity index (χ1n) is 9.42. The van der Waals surface area contributed by atoms with Crippen LogP contribution in [0, 0.1) is 0 Å². The summed E-state index contributed by atoms with van der Waals surface area (Å²) in [7, 11) is 1.54. The van der Waals surface area contributed by atoms with Gasteiger partial charge in [0.05, 0.1) is 19.1 Å². The van der Waals surface area contributed by atoms with Crippen LogP contribution in [0.5, 0.6) is 17.2 Å². The molecule has 0 saturated heterocycles. The van der Waals surface area contributed by atoms with Gasteiger partial charge in [-0.2, -0.15) is 0 Å². The first kappa shape index (κ1) is 22.3. The van der Waals surface area contributed by atoms with Crippen molar-refractivity contribution in [1.82, 2.24) is 5.32 Å². The summed E-state index contributed by atoms with van der Waals surface area (Å²) in [5.74, 6) is -2.06. The van der Waals surface area contributed by atoms with Gasteiger partial charge in [-0.15, -0.1) is 0 Å². The SMILES string of the molecule is COc1cccc(/C=C2\Oc3cc(OCC(=O)N[C@H](CC(N)=O)C(=O)O)ccc3C2=O)c1. The summed E-state index contributed by atoms with van der Waals surface area (Å²) < 4.78 is 16.2. The Balaban J connectivity index is 1.65. The standard InChI is InChI=1S/C22H20N2O8/c1-30-13-4-2-3-12(7-13)8-18-21(27)15-6-5-14(9-17(15)32-18)31-11-20(26)24-16(22(28)29)10-19(23)25/h2-9,16H,10-11H2,1H3,(H2,23,25)(H,24,26)(H,28,29)/b18-8-/t16-/m1/s1. The van der Waals surface area contributed by atoms with Crippen molar-refractivity contribution in [3.05, 3.63) is 59.4 Å². The van der Waals surface area contributed by atoms with Crippen molar-refractivity contribution in [3.63, 3.8) is 0 Å². The molecule has 0 spiro atoms. The molecule has 0 unspecified atom stereocenters. The van der Waals surface area contributed by atoms with Crippen LogP contribution in [0.15, 0.2) is 48.2 Å². The van der Waals surface area contributed by atoms with Gasteiger partial charge in [-0.1, -0.05) is 12.1 Å². The number of methoxy groups -OCH3 is 1. The predicted molar refractivity (Wildman–Crippen MR) is 111 cm³/mol. The Bertz CT molecular complexity index is 1110. The summed E-state index contributed by atoms with van der Waals surface area (Å²) in [6.07, 6.45) is 1.04. The Morgan fingerprint density at radius 2 is 1.97 bits per heavy atom. The second-order valence-electron chi connectivity index (χ2n) is 6.79. The number of ketones is 1. The van der Waals surface area contributed by atoms with Gasteiger partial charge in [0.2, 0.25) is 11.7 Å². The molecule has 2 amide bonds. The van der Waals surface area contributed by atoms with Gasteiger partial charge in [-0.25, -0.2) is 4.79 Å². The molecule has 10 heteroatoms. The molecule has 10 nitrogen and oxygen atoms in total. The van der Waals surface area contributed by atoms with E-state index in [1.807, 2.05) is 0 Å². The molecule has 0 aliphatic carbocycles. The molecule has 1 aliphatic rings. The molecule has 2 aromatic carbocycles. The van der Waals surface area contributed by atoms with Gasteiger partial charge >= 0.3 is 5.97 Å². The molecule has 32 heavy (non-hydrogen) atoms. The van der Waals surface area contributed by atoms with Crippen LogP contribution in [0.2, 0.25) is 0 Å². The summed E-state index contributed by atoms with van der Waals surface area (Å²) in [5.41, 5.74) is 6.03. The van der Waals surface area contributed by atoms with Crippen molar-refractivity contribution >= 4 is 29.6 Å². The number of nitrogens with one attached hydrogen (secondary N) is 1. The lowest BCUT2D eigenvalue weighted by Gasteiger charge is -2.13. The molecule has 166 valence electrons. The van der Waals surface area contributed by atoms with E-state index >= 15 is 0 Å². The van der Waals surface area contributed by atoms with Gasteiger partial charge in [-0.3, -0.25) is 14.4 Å². The van der Waals surface area contributed by atoms with Crippen molar-refractivity contribution in [3.8, 4) is 17.2 Å². The Labute approximate surface area is 182 Å². The Morgan fingerprint density at radius 3 is 2.66 bits per heavy atom. The van der Waals surface area contributed by atoms with Crippen LogP contribution in [0.4, 0.5) is 0 Å². The maximum atomic E-state index is 12.6. The fraction of sp³-hybridized carbons (Fsp3) is 0.182. The number of hydrogen-bond donors (Lipinski definition) is 3. The van der Waals surface area contributed by atoms with Crippen molar-refractivity contribution in [2.75, 3.05) is 13.7 Å². The molecule has 3 rings (SSSR count). The highest BCUT2D eigenvalue weighted by Gasteiger charge is 2.28. The number of carboxylic acids is 1. The molecular formula is C22H20N2O8. The van der Waals surface area contributed by atoms with E-state index in [-0.39, 0.29) is 23.0 Å². The molecule has 4 N–H and O–H groups in total. The number of rotatable bonds is 9. The van der Waals surface area contributed by atoms with Gasteiger partial charge in [0.25, 0.3) is 5.91 Å². The van der Waals surface area contributed by atoms with Crippen LogP contribution < -0.4 is 25.3 Å². The fourth-order valence-electron chi connectivity index (χ4n) is 2.93. The second-order valence-corrected chi connectivity index (χ2v) is 6.79. The van der Waals surface area contributed by atoms with E-state index in [0.29, 0.717) is 11.3 Å². The van der Waals surface area contributed by atoms with E-state index in [1.165, 1.54) is 18.2 Å². The zero-order valence-corrected chi connectivity index (χ0v) is 17.0. The second kappa shape index (κ2) is 9.65. The van der Waals surface area contributed by atoms with Crippen molar-refractivity contribution < 1.29 is 38.5 Å². The Kier molecular flexibility index (Phi) is 6.74. The van der Waals surface area contributed by atoms with Crippen LogP contribution in [0.1, 0.15) is 22.3 Å². The zero-order chi connectivity index (χ0) is 23.3. The minimum absolute atomic E-state index is 0.124. The van der Waals surface area contributed by atoms with E-state index in [1.54, 1.807) is 37.5 Å². The molecule has 1 aliphatic heterocycles. The molecule has 0 saturated carbocycles. The summed E-state index contributed by atoms with van der Waals surface area (Å²) in [6.45, 7) is -0.512. The number of hydrogen-bond acceptors (Lipinski definition) is 7. The average molecular weight is 440 g/mol. The molecule has 1 heterocycles. The lowest BCUT2D eigenvalue weighted by molar-refractivity contribution is -0.143. The van der Waals surface area contributed by atoms with Crippen LogP contribution in [0.25, 0.3) is 6.08 Å². The molecule has 0 aromatic heterocycles. The number of allylic oxidation sites excluding steroid dienone is 1. The number of fused-ring (bicyclic) bond motifs is 1. The highest BCUT2D eigenvalue weighted by molar-refractivity contribution is 6.14. The largest absolute Gasteiger partial charge is 0.497 e. The highest BCUT2D eigenvalue weighted by Crippen LogP contribution is 2.35. The first-order chi connectivity index (χ1) is 15.3. The van der Waals surface area contributed by atoms with Crippen molar-refractivity contribution in [2.45, 2.75) is 12.5 Å². The van der Waals surface area contributed by atoms with Gasteiger partial charge in [0, 0.05) is 6.07 Å². The molecule has 1 atom stereocenters. The number of Topliss-reactive ketones (excluding diaryl/α,β-unsaturated/α-hetero) is 1. The highest BCUT2D eigenvalue weighted by atomic mass is 16.5. The van der Waals surface area contributed by atoms with Gasteiger partial charge < -0.3 is 30.4 Å². The molecule has 2 aromatic rings. The molecule has 0 bridgehead atoms. The number of aliphatic carboxylic acids is 1. The topological polar surface area (TPSA) is 154 Å². The van der Waals surface area contributed by atoms with E-state index < -0.39 is 36.9 Å². The molecule has 0 radical (unpaired) electrons. The lowest BCUT2D eigenvalue weighted by Crippen LogP contribution is -2.45. The number of ether oxygens (including phenoxy) is 3. The normalized spacial score (nSPS) is 14.3. The average Bonchev–Trinajstić information content (AvgIpc) is 3.06. The van der Waals surface area contributed by atoms with Gasteiger partial charge in [0.15, 0.2) is 12.4 Å². The fourth-order valence-corrected chi connectivity index (χ4v) is 2.93. The lowest BCUT2D eigenvalue weighted by atomic mass is 10.1. The predicted octanol–water partition coefficient (Wildman–Crippen LogP) is 1.14. The monoisotopic (exact) mass is 440 g/mol. The first-order valence-corrected chi connectivity index (χ1v) is 9.42. The van der Waals surface area contributed by atoms with Crippen molar-refractivity contribution in [1.29, 1.82) is 0 Å². The number of primary amides is 1. The number of amides is 2. The maximum absolute atomic E-state index is 12.6. The summed E-state index contributed by atoms with van der Waals surface area (Å²) in [6, 6.07) is 10.1. The third-order valence-electron chi connectivity index (χ3n) is 4.44. The Hall–Kier alpha value is -4.34. The van der Waals surface area contributed by atoms with E-state index in [9.17, 15) is 19.2 Å². The third kappa shape index (κ3) is 5.42. The maximum Gasteiger partial charge on any atom is 0.326 e. The number of benzene rings is 2. The van der Waals surface area contributed by atoms with Crippen molar-refractivity contribution in [2.24, 2.45) is 5.73 Å². The smallest absolute Gasteiger partial charge is 0.326 e. The quantitative estimate of drug-likeness (QED) is 0.490. The number of carboxylic acid groups (broad SMARTS) is 1. The van der Waals surface area contributed by atoms with Crippen LogP contribution in [-0.2, 0) is 14.4 Å². The number of nitrogens with two attached hydrogens (primary N) is 1. The van der Waals surface area contributed by atoms with Gasteiger partial charge in [0.1, 0.15) is 23.3 Å². The van der Waals surface area contributed by atoms with E-state index in [0.717, 1.165) is 5.56 Å². The summed E-state index contributed by atoms with van der Waals surface area (Å²) >= 11 is 0. The Morgan fingerprint density at radius 1 is 1.19 bits per heavy atom. The van der Waals surface area contributed by atoms with Gasteiger partial charge in [-0.05, 0) is 35.9 Å². The molecule has 0 fully saturated rings. The summed E-state index contributed by atoms with van der Waals surface area (Å²) in [5, 5.41) is 11.2. The van der Waals surface area contributed by atoms with Crippen LogP contribution in [0.3, 0.4) is 0 Å². The molecular weight excluding hydrogens is 420 g/mol. The minimum atomic E-state index is -1.45.